The van der Waals surface area contributed by atoms with Crippen LogP contribution in [-0.4, -0.2) is 47.6 Å². The Hall–Kier alpha value is -0.770. The highest BCUT2D eigenvalue weighted by Gasteiger charge is 2.13. The normalized spacial score (nSPS) is 16.0. The summed E-state index contributed by atoms with van der Waals surface area (Å²) in [5.41, 5.74) is 1.17. The third kappa shape index (κ3) is 5.79. The fraction of sp³-hybridized carbons (Fsp3) is 0.667. The first-order chi connectivity index (χ1) is 10.5. The van der Waals surface area contributed by atoms with E-state index in [0.717, 1.165) is 19.6 Å². The number of rotatable bonds is 8. The lowest BCUT2D eigenvalue weighted by atomic mass is 10.1. The average Bonchev–Trinajstić information content (AvgIpc) is 2.95. The van der Waals surface area contributed by atoms with Gasteiger partial charge in [-0.25, -0.2) is 0 Å². The Morgan fingerprint density at radius 2 is 2.00 bits per heavy atom. The number of phenols is 1. The van der Waals surface area contributed by atoms with Gasteiger partial charge in [0, 0.05) is 13.1 Å². The van der Waals surface area contributed by atoms with Gasteiger partial charge in [0.05, 0.1) is 5.02 Å². The molecule has 0 radical (unpaired) electrons. The van der Waals surface area contributed by atoms with E-state index in [1.807, 2.05) is 12.1 Å². The standard InChI is InChI=1S/C18H29ClN2O/c1-15(2)13-21(11-5-10-20-8-3-4-9-20)14-16-6-7-18(22)17(19)12-16/h6-7,12,15,22H,3-5,8-11,13-14H2,1-2H3. The molecular weight excluding hydrogens is 296 g/mol. The maximum atomic E-state index is 9.53. The van der Waals surface area contributed by atoms with Crippen molar-refractivity contribution < 1.29 is 5.11 Å². The molecule has 0 aromatic heterocycles. The molecule has 0 amide bonds. The zero-order valence-electron chi connectivity index (χ0n) is 13.9. The number of hydrogen-bond acceptors (Lipinski definition) is 3. The highest BCUT2D eigenvalue weighted by atomic mass is 35.5. The van der Waals surface area contributed by atoms with Crippen molar-refractivity contribution in [3.05, 3.63) is 28.8 Å². The van der Waals surface area contributed by atoms with Crippen molar-refractivity contribution in [3.8, 4) is 5.75 Å². The molecule has 1 aliphatic heterocycles. The van der Waals surface area contributed by atoms with Gasteiger partial charge in [-0.15, -0.1) is 0 Å². The summed E-state index contributed by atoms with van der Waals surface area (Å²) in [4.78, 5) is 5.08. The maximum Gasteiger partial charge on any atom is 0.134 e. The zero-order valence-corrected chi connectivity index (χ0v) is 14.6. The van der Waals surface area contributed by atoms with Crippen LogP contribution in [0.3, 0.4) is 0 Å². The summed E-state index contributed by atoms with van der Waals surface area (Å²) in [7, 11) is 0. The summed E-state index contributed by atoms with van der Waals surface area (Å²) < 4.78 is 0. The first-order valence-corrected chi connectivity index (χ1v) is 8.84. The number of nitrogens with zero attached hydrogens (tertiary/aromatic N) is 2. The number of aromatic hydroxyl groups is 1. The number of hydrogen-bond donors (Lipinski definition) is 1. The molecule has 0 atom stereocenters. The number of halogens is 1. The van der Waals surface area contributed by atoms with Gasteiger partial charge in [0.25, 0.3) is 0 Å². The highest BCUT2D eigenvalue weighted by Crippen LogP contribution is 2.24. The molecule has 2 rings (SSSR count). The van der Waals surface area contributed by atoms with Crippen LogP contribution in [0.4, 0.5) is 0 Å². The predicted molar refractivity (Wildman–Crippen MR) is 93.5 cm³/mol. The fourth-order valence-electron chi connectivity index (χ4n) is 3.18. The van der Waals surface area contributed by atoms with Gasteiger partial charge < -0.3 is 10.0 Å². The summed E-state index contributed by atoms with van der Waals surface area (Å²) in [6.07, 6.45) is 3.95. The first-order valence-electron chi connectivity index (χ1n) is 8.46. The Morgan fingerprint density at radius 3 is 2.64 bits per heavy atom. The van der Waals surface area contributed by atoms with Crippen molar-refractivity contribution in [3.63, 3.8) is 0 Å². The molecule has 3 nitrogen and oxygen atoms in total. The van der Waals surface area contributed by atoms with Crippen LogP contribution >= 0.6 is 11.6 Å². The molecule has 0 bridgehead atoms. The number of phenolic OH excluding ortho intramolecular Hbond substituents is 1. The van der Waals surface area contributed by atoms with Crippen molar-refractivity contribution in [1.29, 1.82) is 0 Å². The molecule has 0 spiro atoms. The third-order valence-electron chi connectivity index (χ3n) is 4.19. The van der Waals surface area contributed by atoms with Crippen LogP contribution in [-0.2, 0) is 6.54 Å². The molecule has 1 fully saturated rings. The van der Waals surface area contributed by atoms with Gasteiger partial charge in [-0.05, 0) is 69.1 Å². The minimum absolute atomic E-state index is 0.162. The summed E-state index contributed by atoms with van der Waals surface area (Å²) in [6.45, 7) is 11.4. The molecule has 1 aliphatic rings. The van der Waals surface area contributed by atoms with Gasteiger partial charge in [-0.2, -0.15) is 0 Å². The van der Waals surface area contributed by atoms with Crippen molar-refractivity contribution in [2.45, 2.75) is 39.7 Å². The maximum absolute atomic E-state index is 9.53. The molecular formula is C18H29ClN2O. The SMILES string of the molecule is CC(C)CN(CCCN1CCCC1)Cc1ccc(O)c(Cl)c1. The van der Waals surface area contributed by atoms with E-state index in [1.54, 1.807) is 6.07 Å². The van der Waals surface area contributed by atoms with E-state index in [2.05, 4.69) is 23.6 Å². The summed E-state index contributed by atoms with van der Waals surface area (Å²) in [6, 6.07) is 5.54. The lowest BCUT2D eigenvalue weighted by Gasteiger charge is -2.25. The van der Waals surface area contributed by atoms with Crippen molar-refractivity contribution in [2.75, 3.05) is 32.7 Å². The highest BCUT2D eigenvalue weighted by molar-refractivity contribution is 6.32. The second-order valence-corrected chi connectivity index (χ2v) is 7.22. The van der Waals surface area contributed by atoms with Crippen LogP contribution in [0.5, 0.6) is 5.75 Å². The molecule has 124 valence electrons. The largest absolute Gasteiger partial charge is 0.506 e. The number of likely N-dealkylation sites (tertiary alicyclic amines) is 1. The van der Waals surface area contributed by atoms with E-state index in [0.29, 0.717) is 10.9 Å². The van der Waals surface area contributed by atoms with Gasteiger partial charge in [-0.3, -0.25) is 4.90 Å². The second kappa shape index (κ2) is 8.76. The Labute approximate surface area is 139 Å². The molecule has 22 heavy (non-hydrogen) atoms. The second-order valence-electron chi connectivity index (χ2n) is 6.82. The zero-order chi connectivity index (χ0) is 15.9. The van der Waals surface area contributed by atoms with E-state index in [4.69, 9.17) is 11.6 Å². The van der Waals surface area contributed by atoms with Crippen LogP contribution in [0.2, 0.25) is 5.02 Å². The number of benzene rings is 1. The fourth-order valence-corrected chi connectivity index (χ4v) is 3.39. The predicted octanol–water partition coefficient (Wildman–Crippen LogP) is 3.99. The molecule has 1 heterocycles. The minimum atomic E-state index is 0.162. The van der Waals surface area contributed by atoms with Crippen LogP contribution in [0.1, 0.15) is 38.7 Å². The Morgan fingerprint density at radius 1 is 1.27 bits per heavy atom. The Balaban J connectivity index is 1.85. The van der Waals surface area contributed by atoms with Gasteiger partial charge in [0.15, 0.2) is 0 Å². The van der Waals surface area contributed by atoms with Gasteiger partial charge in [0.1, 0.15) is 5.75 Å². The molecule has 1 N–H and O–H groups in total. The Kier molecular flexibility index (Phi) is 7.00. The lowest BCUT2D eigenvalue weighted by Crippen LogP contribution is -2.31. The Bertz CT molecular complexity index is 458. The van der Waals surface area contributed by atoms with E-state index in [-0.39, 0.29) is 5.75 Å². The minimum Gasteiger partial charge on any atom is -0.506 e. The van der Waals surface area contributed by atoms with Crippen LogP contribution in [0, 0.1) is 5.92 Å². The van der Waals surface area contributed by atoms with E-state index < -0.39 is 0 Å². The van der Waals surface area contributed by atoms with Gasteiger partial charge >= 0.3 is 0 Å². The quantitative estimate of drug-likeness (QED) is 0.783. The smallest absolute Gasteiger partial charge is 0.134 e. The van der Waals surface area contributed by atoms with Crippen LogP contribution in [0.15, 0.2) is 18.2 Å². The van der Waals surface area contributed by atoms with E-state index in [1.165, 1.54) is 44.5 Å². The lowest BCUT2D eigenvalue weighted by molar-refractivity contribution is 0.217. The van der Waals surface area contributed by atoms with Gasteiger partial charge in [-0.1, -0.05) is 31.5 Å². The molecule has 1 aromatic rings. The van der Waals surface area contributed by atoms with Crippen LogP contribution in [0.25, 0.3) is 0 Å². The topological polar surface area (TPSA) is 26.7 Å². The molecule has 0 unspecified atom stereocenters. The van der Waals surface area contributed by atoms with E-state index in [9.17, 15) is 5.11 Å². The molecule has 4 heteroatoms. The first kappa shape index (κ1) is 17.6. The summed E-state index contributed by atoms with van der Waals surface area (Å²) >= 11 is 6.02. The summed E-state index contributed by atoms with van der Waals surface area (Å²) in [5.74, 6) is 0.814. The van der Waals surface area contributed by atoms with Gasteiger partial charge in [0.2, 0.25) is 0 Å². The molecule has 0 aliphatic carbocycles. The van der Waals surface area contributed by atoms with Crippen molar-refractivity contribution in [2.24, 2.45) is 5.92 Å². The monoisotopic (exact) mass is 324 g/mol. The van der Waals surface area contributed by atoms with Crippen molar-refractivity contribution >= 4 is 11.6 Å². The molecule has 1 saturated heterocycles. The van der Waals surface area contributed by atoms with E-state index >= 15 is 0 Å². The van der Waals surface area contributed by atoms with Crippen LogP contribution < -0.4 is 0 Å². The molecule has 1 aromatic carbocycles. The molecule has 0 saturated carbocycles. The summed E-state index contributed by atoms with van der Waals surface area (Å²) in [5, 5.41) is 9.98. The average molecular weight is 325 g/mol. The van der Waals surface area contributed by atoms with Crippen molar-refractivity contribution in [1.82, 2.24) is 9.80 Å². The third-order valence-corrected chi connectivity index (χ3v) is 4.49.